The zero-order valence-electron chi connectivity index (χ0n) is 16.6. The predicted molar refractivity (Wildman–Crippen MR) is 116 cm³/mol. The Morgan fingerprint density at radius 1 is 1.23 bits per heavy atom. The molecule has 0 radical (unpaired) electrons. The third kappa shape index (κ3) is 3.80. The maximum absolute atomic E-state index is 13.6. The van der Waals surface area contributed by atoms with Gasteiger partial charge in [-0.3, -0.25) is 4.79 Å². The lowest BCUT2D eigenvalue weighted by Gasteiger charge is -2.14. The van der Waals surface area contributed by atoms with Crippen LogP contribution in [0.4, 0.5) is 15.9 Å². The summed E-state index contributed by atoms with van der Waals surface area (Å²) in [5.41, 5.74) is 10.1. The molecule has 158 valence electrons. The smallest absolute Gasteiger partial charge is 0.257 e. The Labute approximate surface area is 181 Å². The van der Waals surface area contributed by atoms with Gasteiger partial charge in [0.15, 0.2) is 11.9 Å². The number of anilines is 2. The van der Waals surface area contributed by atoms with Crippen molar-refractivity contribution in [3.8, 4) is 5.69 Å². The second kappa shape index (κ2) is 7.93. The van der Waals surface area contributed by atoms with Gasteiger partial charge >= 0.3 is 0 Å². The SMILES string of the molecule is Cc1cc(NC(=O)C(O)c2ccc(Cl)c(F)c2)ccc1-n1nc(C)c2ncnc(N)c21. The number of amides is 1. The number of nitrogens with zero attached hydrogens (tertiary/aromatic N) is 4. The molecule has 0 saturated heterocycles. The normalized spacial score (nSPS) is 12.2. The molecule has 10 heteroatoms. The molecule has 1 unspecified atom stereocenters. The number of nitrogen functional groups attached to an aromatic ring is 1. The Morgan fingerprint density at radius 3 is 2.71 bits per heavy atom. The molecule has 0 bridgehead atoms. The monoisotopic (exact) mass is 440 g/mol. The van der Waals surface area contributed by atoms with E-state index in [2.05, 4.69) is 20.4 Å². The van der Waals surface area contributed by atoms with Crippen molar-refractivity contribution < 1.29 is 14.3 Å². The highest BCUT2D eigenvalue weighted by Crippen LogP contribution is 2.27. The van der Waals surface area contributed by atoms with Gasteiger partial charge in [0, 0.05) is 5.69 Å². The molecule has 4 N–H and O–H groups in total. The Kier molecular flexibility index (Phi) is 5.30. The molecule has 0 aliphatic heterocycles. The van der Waals surface area contributed by atoms with Gasteiger partial charge in [0.2, 0.25) is 0 Å². The molecule has 0 aliphatic carbocycles. The number of rotatable bonds is 4. The van der Waals surface area contributed by atoms with Gasteiger partial charge in [-0.25, -0.2) is 19.0 Å². The summed E-state index contributed by atoms with van der Waals surface area (Å²) in [6.45, 7) is 3.68. The summed E-state index contributed by atoms with van der Waals surface area (Å²) < 4.78 is 15.3. The summed E-state index contributed by atoms with van der Waals surface area (Å²) in [6, 6.07) is 8.86. The van der Waals surface area contributed by atoms with E-state index in [1.54, 1.807) is 22.9 Å². The van der Waals surface area contributed by atoms with Crippen LogP contribution in [0.5, 0.6) is 0 Å². The number of aliphatic hydroxyl groups is 1. The number of hydrogen-bond donors (Lipinski definition) is 3. The number of nitrogens with one attached hydrogen (secondary N) is 1. The van der Waals surface area contributed by atoms with Crippen LogP contribution in [0.1, 0.15) is 22.9 Å². The first-order valence-corrected chi connectivity index (χ1v) is 9.64. The van der Waals surface area contributed by atoms with Gasteiger partial charge < -0.3 is 16.2 Å². The van der Waals surface area contributed by atoms with E-state index in [1.807, 2.05) is 13.8 Å². The van der Waals surface area contributed by atoms with Crippen molar-refractivity contribution in [3.05, 3.63) is 70.4 Å². The second-order valence-corrected chi connectivity index (χ2v) is 7.43. The maximum Gasteiger partial charge on any atom is 0.257 e. The first kappa shape index (κ1) is 20.7. The molecule has 4 aromatic rings. The molecule has 1 atom stereocenters. The number of carbonyl (C=O) groups excluding carboxylic acids is 1. The van der Waals surface area contributed by atoms with E-state index in [1.165, 1.54) is 18.5 Å². The Bertz CT molecular complexity index is 1320. The third-order valence-electron chi connectivity index (χ3n) is 4.86. The quantitative estimate of drug-likeness (QED) is 0.447. The van der Waals surface area contributed by atoms with E-state index in [9.17, 15) is 14.3 Å². The molecule has 0 spiro atoms. The fourth-order valence-corrected chi connectivity index (χ4v) is 3.42. The molecule has 0 aliphatic rings. The predicted octanol–water partition coefficient (Wildman–Crippen LogP) is 3.48. The highest BCUT2D eigenvalue weighted by molar-refractivity contribution is 6.30. The Balaban J connectivity index is 1.61. The number of aliphatic hydroxyl groups excluding tert-OH is 1. The van der Waals surface area contributed by atoms with Crippen molar-refractivity contribution in [3.63, 3.8) is 0 Å². The number of hydrogen-bond acceptors (Lipinski definition) is 6. The fourth-order valence-electron chi connectivity index (χ4n) is 3.30. The van der Waals surface area contributed by atoms with Gasteiger partial charge in [-0.2, -0.15) is 5.10 Å². The topological polar surface area (TPSA) is 119 Å². The molecule has 2 aromatic heterocycles. The molecule has 4 rings (SSSR count). The number of fused-ring (bicyclic) bond motifs is 1. The van der Waals surface area contributed by atoms with Crippen molar-refractivity contribution in [1.29, 1.82) is 0 Å². The van der Waals surface area contributed by atoms with Crippen LogP contribution in [0.15, 0.2) is 42.7 Å². The van der Waals surface area contributed by atoms with E-state index < -0.39 is 17.8 Å². The zero-order chi connectivity index (χ0) is 22.3. The van der Waals surface area contributed by atoms with Gasteiger partial charge in [0.05, 0.1) is 16.4 Å². The van der Waals surface area contributed by atoms with E-state index in [0.717, 1.165) is 17.3 Å². The van der Waals surface area contributed by atoms with Crippen molar-refractivity contribution in [2.45, 2.75) is 20.0 Å². The van der Waals surface area contributed by atoms with Crippen LogP contribution in [0.3, 0.4) is 0 Å². The number of carbonyl (C=O) groups is 1. The van der Waals surface area contributed by atoms with Gasteiger partial charge in [0.25, 0.3) is 5.91 Å². The lowest BCUT2D eigenvalue weighted by molar-refractivity contribution is -0.124. The van der Waals surface area contributed by atoms with Gasteiger partial charge in [-0.1, -0.05) is 17.7 Å². The largest absolute Gasteiger partial charge is 0.382 e. The van der Waals surface area contributed by atoms with E-state index in [0.29, 0.717) is 28.2 Å². The van der Waals surface area contributed by atoms with Crippen LogP contribution in [-0.2, 0) is 4.79 Å². The lowest BCUT2D eigenvalue weighted by atomic mass is 10.1. The Morgan fingerprint density at radius 2 is 2.00 bits per heavy atom. The Hall–Kier alpha value is -3.56. The summed E-state index contributed by atoms with van der Waals surface area (Å²) in [5.74, 6) is -1.11. The fraction of sp³-hybridized carbons (Fsp3) is 0.143. The number of benzene rings is 2. The van der Waals surface area contributed by atoms with Crippen LogP contribution >= 0.6 is 11.6 Å². The lowest BCUT2D eigenvalue weighted by Crippen LogP contribution is -2.21. The summed E-state index contributed by atoms with van der Waals surface area (Å²) in [7, 11) is 0. The summed E-state index contributed by atoms with van der Waals surface area (Å²) in [4.78, 5) is 20.7. The second-order valence-electron chi connectivity index (χ2n) is 7.02. The first-order valence-electron chi connectivity index (χ1n) is 9.27. The average molecular weight is 441 g/mol. The van der Waals surface area contributed by atoms with Crippen molar-refractivity contribution in [1.82, 2.24) is 19.7 Å². The number of halogens is 2. The van der Waals surface area contributed by atoms with Gasteiger partial charge in [-0.05, 0) is 55.3 Å². The van der Waals surface area contributed by atoms with E-state index in [-0.39, 0.29) is 10.6 Å². The molecule has 8 nitrogen and oxygen atoms in total. The van der Waals surface area contributed by atoms with Crippen molar-refractivity contribution in [2.24, 2.45) is 0 Å². The number of aromatic nitrogens is 4. The molecule has 0 saturated carbocycles. The molecule has 0 fully saturated rings. The molecule has 1 amide bonds. The van der Waals surface area contributed by atoms with E-state index >= 15 is 0 Å². The minimum atomic E-state index is -1.55. The molecule has 2 aromatic carbocycles. The highest BCUT2D eigenvalue weighted by Gasteiger charge is 2.20. The van der Waals surface area contributed by atoms with Crippen LogP contribution in [-0.4, -0.2) is 30.8 Å². The van der Waals surface area contributed by atoms with Crippen LogP contribution in [0.25, 0.3) is 16.7 Å². The van der Waals surface area contributed by atoms with E-state index in [4.69, 9.17) is 17.3 Å². The minimum Gasteiger partial charge on any atom is -0.382 e. The highest BCUT2D eigenvalue weighted by atomic mass is 35.5. The van der Waals surface area contributed by atoms with Crippen LogP contribution in [0, 0.1) is 19.7 Å². The number of nitrogens with two attached hydrogens (primary N) is 1. The summed E-state index contributed by atoms with van der Waals surface area (Å²) >= 11 is 5.65. The van der Waals surface area contributed by atoms with Gasteiger partial charge in [-0.15, -0.1) is 0 Å². The number of aryl methyl sites for hydroxylation is 2. The standard InChI is InChI=1S/C21H18ClFN6O2/c1-10-7-13(27-21(31)19(30)12-3-5-14(22)15(23)8-12)4-6-16(10)29-18-17(11(2)28-29)25-9-26-20(18)24/h3-9,19,30H,1-2H3,(H,27,31)(H2,24,25,26). The third-order valence-corrected chi connectivity index (χ3v) is 5.16. The summed E-state index contributed by atoms with van der Waals surface area (Å²) in [5, 5.41) is 17.3. The van der Waals surface area contributed by atoms with Crippen LogP contribution < -0.4 is 11.1 Å². The maximum atomic E-state index is 13.6. The average Bonchev–Trinajstić information content (AvgIpc) is 3.07. The molecular formula is C21H18ClFN6O2. The minimum absolute atomic E-state index is 0.0880. The zero-order valence-corrected chi connectivity index (χ0v) is 17.4. The first-order chi connectivity index (χ1) is 14.8. The molecule has 31 heavy (non-hydrogen) atoms. The molecular weight excluding hydrogens is 423 g/mol. The van der Waals surface area contributed by atoms with Gasteiger partial charge in [0.1, 0.15) is 23.2 Å². The summed E-state index contributed by atoms with van der Waals surface area (Å²) in [6.07, 6.45) is -0.165. The van der Waals surface area contributed by atoms with Crippen molar-refractivity contribution >= 4 is 40.0 Å². The van der Waals surface area contributed by atoms with Crippen molar-refractivity contribution in [2.75, 3.05) is 11.1 Å². The van der Waals surface area contributed by atoms with Crippen LogP contribution in [0.2, 0.25) is 5.02 Å². The molecule has 2 heterocycles.